The summed E-state index contributed by atoms with van der Waals surface area (Å²) in [7, 11) is -2.20. The molecule has 0 radical (unpaired) electrons. The van der Waals surface area contributed by atoms with Crippen molar-refractivity contribution in [3.8, 4) is 11.5 Å². The van der Waals surface area contributed by atoms with Crippen LogP contribution in [0.3, 0.4) is 0 Å². The molecule has 2 aromatic carbocycles. The lowest BCUT2D eigenvalue weighted by Gasteiger charge is -2.25. The Morgan fingerprint density at radius 1 is 1.17 bits per heavy atom. The molecular formula is C20H19F3N2O4S. The van der Waals surface area contributed by atoms with Crippen LogP contribution in [0.2, 0.25) is 0 Å². The molecule has 0 spiro atoms. The Morgan fingerprint density at radius 3 is 2.50 bits per heavy atom. The van der Waals surface area contributed by atoms with Gasteiger partial charge in [0.2, 0.25) is 10.0 Å². The largest absolute Gasteiger partial charge is 0.454 e. The molecule has 1 unspecified atom stereocenters. The zero-order valence-electron chi connectivity index (χ0n) is 16.2. The molecule has 0 fully saturated rings. The van der Waals surface area contributed by atoms with Crippen LogP contribution in [0, 0.1) is 11.6 Å². The van der Waals surface area contributed by atoms with E-state index in [1.165, 1.54) is 38.4 Å². The Balaban J connectivity index is 2.07. The Morgan fingerprint density at radius 2 is 1.87 bits per heavy atom. The highest BCUT2D eigenvalue weighted by molar-refractivity contribution is 7.92. The topological polar surface area (TPSA) is 75.7 Å². The molecule has 1 amide bonds. The molecule has 1 aliphatic heterocycles. The number of ether oxygens (including phenoxy) is 1. The van der Waals surface area contributed by atoms with Gasteiger partial charge in [-0.2, -0.15) is 0 Å². The van der Waals surface area contributed by atoms with E-state index >= 15 is 0 Å². The second-order valence-corrected chi connectivity index (χ2v) is 8.68. The Labute approximate surface area is 172 Å². The maximum Gasteiger partial charge on any atom is 0.261 e. The van der Waals surface area contributed by atoms with Gasteiger partial charge in [0, 0.05) is 37.0 Å². The molecule has 2 aromatic rings. The van der Waals surface area contributed by atoms with E-state index in [0.717, 1.165) is 17.0 Å². The van der Waals surface area contributed by atoms with Crippen molar-refractivity contribution in [2.24, 2.45) is 0 Å². The maximum absolute atomic E-state index is 14.2. The van der Waals surface area contributed by atoms with Crippen molar-refractivity contribution < 1.29 is 31.1 Å². The van der Waals surface area contributed by atoms with Crippen molar-refractivity contribution in [1.29, 1.82) is 0 Å². The van der Waals surface area contributed by atoms with Gasteiger partial charge in [-0.25, -0.2) is 21.6 Å². The van der Waals surface area contributed by atoms with Crippen molar-refractivity contribution >= 4 is 27.2 Å². The molecule has 30 heavy (non-hydrogen) atoms. The van der Waals surface area contributed by atoms with Crippen molar-refractivity contribution in [3.63, 3.8) is 0 Å². The van der Waals surface area contributed by atoms with Gasteiger partial charge in [0.25, 0.3) is 5.91 Å². The van der Waals surface area contributed by atoms with E-state index in [2.05, 4.69) is 4.72 Å². The molecule has 6 nitrogen and oxygen atoms in total. The van der Waals surface area contributed by atoms with E-state index in [1.54, 1.807) is 0 Å². The summed E-state index contributed by atoms with van der Waals surface area (Å²) in [6, 6.07) is 6.97. The van der Waals surface area contributed by atoms with Gasteiger partial charge < -0.3 is 9.64 Å². The van der Waals surface area contributed by atoms with Gasteiger partial charge >= 0.3 is 0 Å². The molecule has 10 heteroatoms. The second-order valence-electron chi connectivity index (χ2n) is 6.67. The molecule has 1 aliphatic rings. The lowest BCUT2D eigenvalue weighted by molar-refractivity contribution is -0.133. The fraction of sp³-hybridized carbons (Fsp3) is 0.250. The van der Waals surface area contributed by atoms with E-state index < -0.39 is 33.7 Å². The number of rotatable bonds is 6. The number of allylic oxidation sites excluding steroid dienone is 1. The fourth-order valence-corrected chi connectivity index (χ4v) is 3.52. The van der Waals surface area contributed by atoms with Crippen LogP contribution in [-0.4, -0.2) is 38.2 Å². The van der Waals surface area contributed by atoms with Crippen LogP contribution in [0.25, 0.3) is 5.57 Å². The van der Waals surface area contributed by atoms with E-state index in [1.807, 2.05) is 0 Å². The number of alkyl halides is 1. The Kier molecular flexibility index (Phi) is 6.06. The van der Waals surface area contributed by atoms with Gasteiger partial charge in [0.15, 0.2) is 17.7 Å². The number of carbonyl (C=O) groups is 1. The molecule has 160 valence electrons. The molecule has 1 N–H and O–H groups in total. The average Bonchev–Trinajstić information content (AvgIpc) is 2.68. The standard InChI is InChI=1S/C20H19F3N2O4S/c1-3-30(27,28)24-14-5-7-18(29-19-6-4-13(21)9-16(19)22)15(10-14)12-8-17(23)20(26)25(2)11-12/h4-7,9-11,17,24H,3,8H2,1-2H3. The number of nitrogens with zero attached hydrogens (tertiary/aromatic N) is 1. The SMILES string of the molecule is CCS(=O)(=O)Nc1ccc(Oc2ccc(F)cc2F)c(C2=CN(C)C(=O)C(F)C2)c1. The molecule has 0 bridgehead atoms. The normalized spacial score (nSPS) is 17.0. The van der Waals surface area contributed by atoms with Crippen molar-refractivity contribution in [2.75, 3.05) is 17.5 Å². The Bertz CT molecular complexity index is 1120. The van der Waals surface area contributed by atoms with Crippen LogP contribution in [0.15, 0.2) is 42.6 Å². The third-order valence-corrected chi connectivity index (χ3v) is 5.76. The van der Waals surface area contributed by atoms with Crippen molar-refractivity contribution in [2.45, 2.75) is 19.5 Å². The summed E-state index contributed by atoms with van der Waals surface area (Å²) in [6.45, 7) is 1.47. The highest BCUT2D eigenvalue weighted by Crippen LogP contribution is 2.37. The van der Waals surface area contributed by atoms with Gasteiger partial charge in [-0.1, -0.05) is 0 Å². The summed E-state index contributed by atoms with van der Waals surface area (Å²) in [5.74, 6) is -2.77. The van der Waals surface area contributed by atoms with E-state index in [4.69, 9.17) is 4.74 Å². The number of halogens is 3. The van der Waals surface area contributed by atoms with Crippen LogP contribution in [0.5, 0.6) is 11.5 Å². The number of carbonyl (C=O) groups excluding carboxylic acids is 1. The zero-order chi connectivity index (χ0) is 22.1. The first kappa shape index (κ1) is 21.7. The van der Waals surface area contributed by atoms with Crippen LogP contribution < -0.4 is 9.46 Å². The number of hydrogen-bond donors (Lipinski definition) is 1. The number of anilines is 1. The van der Waals surface area contributed by atoms with Crippen LogP contribution >= 0.6 is 0 Å². The summed E-state index contributed by atoms with van der Waals surface area (Å²) in [4.78, 5) is 12.8. The number of benzene rings is 2. The number of hydrogen-bond acceptors (Lipinski definition) is 4. The van der Waals surface area contributed by atoms with Crippen LogP contribution in [0.4, 0.5) is 18.9 Å². The van der Waals surface area contributed by atoms with Gasteiger partial charge in [0.1, 0.15) is 11.6 Å². The summed E-state index contributed by atoms with van der Waals surface area (Å²) in [5, 5.41) is 0. The number of sulfonamides is 1. The molecular weight excluding hydrogens is 421 g/mol. The average molecular weight is 440 g/mol. The summed E-state index contributed by atoms with van der Waals surface area (Å²) < 4.78 is 73.1. The minimum atomic E-state index is -3.58. The molecule has 0 aromatic heterocycles. The third kappa shape index (κ3) is 4.76. The van der Waals surface area contributed by atoms with E-state index in [9.17, 15) is 26.4 Å². The Hall–Kier alpha value is -3.01. The highest BCUT2D eigenvalue weighted by atomic mass is 32.2. The van der Waals surface area contributed by atoms with Gasteiger partial charge in [0.05, 0.1) is 5.75 Å². The van der Waals surface area contributed by atoms with Crippen molar-refractivity contribution in [3.05, 3.63) is 59.8 Å². The van der Waals surface area contributed by atoms with Gasteiger partial charge in [-0.15, -0.1) is 0 Å². The fourth-order valence-electron chi connectivity index (χ4n) is 2.89. The minimum Gasteiger partial charge on any atom is -0.454 e. The number of amides is 1. The summed E-state index contributed by atoms with van der Waals surface area (Å²) >= 11 is 0. The molecule has 3 rings (SSSR count). The predicted molar refractivity (Wildman–Crippen MR) is 106 cm³/mol. The summed E-state index contributed by atoms with van der Waals surface area (Å²) in [5.41, 5.74) is 0.798. The summed E-state index contributed by atoms with van der Waals surface area (Å²) in [6.07, 6.45) is -0.656. The van der Waals surface area contributed by atoms with Crippen LogP contribution in [0.1, 0.15) is 18.9 Å². The molecule has 0 aliphatic carbocycles. The van der Waals surface area contributed by atoms with E-state index in [-0.39, 0.29) is 34.9 Å². The predicted octanol–water partition coefficient (Wildman–Crippen LogP) is 4.06. The molecule has 0 saturated carbocycles. The first-order chi connectivity index (χ1) is 14.1. The smallest absolute Gasteiger partial charge is 0.261 e. The molecule has 0 saturated heterocycles. The quantitative estimate of drug-likeness (QED) is 0.735. The van der Waals surface area contributed by atoms with Crippen molar-refractivity contribution in [1.82, 2.24) is 4.90 Å². The van der Waals surface area contributed by atoms with E-state index in [0.29, 0.717) is 11.6 Å². The highest BCUT2D eigenvalue weighted by Gasteiger charge is 2.29. The lowest BCUT2D eigenvalue weighted by atomic mass is 9.96. The second kappa shape index (κ2) is 8.39. The monoisotopic (exact) mass is 440 g/mol. The lowest BCUT2D eigenvalue weighted by Crippen LogP contribution is -2.34. The molecule has 1 heterocycles. The molecule has 1 atom stereocenters. The first-order valence-corrected chi connectivity index (χ1v) is 10.6. The third-order valence-electron chi connectivity index (χ3n) is 4.46. The minimum absolute atomic E-state index is 0.0844. The van der Waals surface area contributed by atoms with Gasteiger partial charge in [-0.05, 0) is 42.8 Å². The van der Waals surface area contributed by atoms with Crippen LogP contribution in [-0.2, 0) is 14.8 Å². The number of nitrogens with one attached hydrogen (secondary N) is 1. The first-order valence-electron chi connectivity index (χ1n) is 8.99. The maximum atomic E-state index is 14.2. The van der Waals surface area contributed by atoms with Gasteiger partial charge in [-0.3, -0.25) is 9.52 Å². The zero-order valence-corrected chi connectivity index (χ0v) is 17.0.